The van der Waals surface area contributed by atoms with Crippen LogP contribution in [0, 0.1) is 5.92 Å². The zero-order valence-corrected chi connectivity index (χ0v) is 13.9. The number of hydrogen-bond donors (Lipinski definition) is 2. The number of halogens is 1. The van der Waals surface area contributed by atoms with Crippen LogP contribution in [0.3, 0.4) is 0 Å². The Bertz CT molecular complexity index is 695. The van der Waals surface area contributed by atoms with E-state index >= 15 is 0 Å². The zero-order valence-electron chi connectivity index (χ0n) is 12.3. The van der Waals surface area contributed by atoms with E-state index < -0.39 is 0 Å². The fourth-order valence-corrected chi connectivity index (χ4v) is 4.79. The number of aliphatic hydroxyl groups excluding tert-OH is 1. The average molecular weight is 349 g/mol. The fraction of sp³-hybridized carbons (Fsp3) is 0.529. The first kappa shape index (κ1) is 13.8. The summed E-state index contributed by atoms with van der Waals surface area (Å²) in [5.74, 6) is 0.321. The smallest absolute Gasteiger partial charge is 0.0636 e. The number of aliphatic hydroxyl groups is 1. The number of nitrogens with zero attached hydrogens (tertiary/aromatic N) is 1. The lowest BCUT2D eigenvalue weighted by atomic mass is 9.72. The predicted octanol–water partition coefficient (Wildman–Crippen LogP) is 3.41. The van der Waals surface area contributed by atoms with Crippen molar-refractivity contribution in [3.05, 3.63) is 33.9 Å². The molecule has 1 saturated heterocycles. The second-order valence-electron chi connectivity index (χ2n) is 6.57. The molecule has 4 rings (SSSR count). The van der Waals surface area contributed by atoms with Crippen LogP contribution >= 0.6 is 15.9 Å². The highest BCUT2D eigenvalue weighted by molar-refractivity contribution is 9.10. The molecule has 3 heterocycles. The van der Waals surface area contributed by atoms with E-state index in [0.29, 0.717) is 5.92 Å². The molecule has 0 amide bonds. The Labute approximate surface area is 133 Å². The Balaban J connectivity index is 1.95. The van der Waals surface area contributed by atoms with E-state index in [-0.39, 0.29) is 12.1 Å². The molecular formula is C17H21BrN2O. The van der Waals surface area contributed by atoms with Gasteiger partial charge in [-0.3, -0.25) is 4.90 Å². The molecule has 0 radical (unpaired) electrons. The third kappa shape index (κ3) is 1.85. The second kappa shape index (κ2) is 4.83. The van der Waals surface area contributed by atoms with Gasteiger partial charge in [0, 0.05) is 40.1 Å². The molecule has 2 aliphatic rings. The van der Waals surface area contributed by atoms with Crippen molar-refractivity contribution in [3.63, 3.8) is 0 Å². The molecule has 2 atom stereocenters. The monoisotopic (exact) mass is 348 g/mol. The highest BCUT2D eigenvalue weighted by atomic mass is 79.9. The Morgan fingerprint density at radius 2 is 2.29 bits per heavy atom. The number of fused-ring (bicyclic) bond motifs is 5. The van der Waals surface area contributed by atoms with Gasteiger partial charge in [-0.2, -0.15) is 0 Å². The van der Waals surface area contributed by atoms with E-state index in [4.69, 9.17) is 0 Å². The van der Waals surface area contributed by atoms with Crippen molar-refractivity contribution in [2.75, 3.05) is 19.7 Å². The average Bonchev–Trinajstić information content (AvgIpc) is 2.85. The number of hydrogen-bond acceptors (Lipinski definition) is 2. The van der Waals surface area contributed by atoms with E-state index in [0.717, 1.165) is 30.4 Å². The summed E-state index contributed by atoms with van der Waals surface area (Å²) in [5, 5.41) is 11.2. The maximum absolute atomic E-state index is 9.89. The summed E-state index contributed by atoms with van der Waals surface area (Å²) in [5.41, 5.74) is 3.95. The standard InChI is InChI=1S/C17H21BrN2O/c1-17-11(10-21)3-2-7-20(17)8-6-13-14-9-12(18)4-5-15(14)19-16(13)17/h4-5,9,11,19,21H,2-3,6-8,10H2,1H3. The van der Waals surface area contributed by atoms with Crippen LogP contribution in [0.5, 0.6) is 0 Å². The molecule has 2 aromatic rings. The molecular weight excluding hydrogens is 328 g/mol. The number of rotatable bonds is 1. The topological polar surface area (TPSA) is 39.3 Å². The third-order valence-electron chi connectivity index (χ3n) is 5.66. The number of piperidine rings is 1. The van der Waals surface area contributed by atoms with Gasteiger partial charge < -0.3 is 10.1 Å². The molecule has 112 valence electrons. The van der Waals surface area contributed by atoms with Crippen molar-refractivity contribution < 1.29 is 5.11 Å². The van der Waals surface area contributed by atoms with Gasteiger partial charge in [-0.15, -0.1) is 0 Å². The van der Waals surface area contributed by atoms with Gasteiger partial charge in [0.05, 0.1) is 5.54 Å². The molecule has 0 aliphatic carbocycles. The third-order valence-corrected chi connectivity index (χ3v) is 6.15. The van der Waals surface area contributed by atoms with E-state index in [9.17, 15) is 5.11 Å². The van der Waals surface area contributed by atoms with Gasteiger partial charge in [0.1, 0.15) is 0 Å². The predicted molar refractivity (Wildman–Crippen MR) is 88.4 cm³/mol. The lowest BCUT2D eigenvalue weighted by Gasteiger charge is -2.52. The summed E-state index contributed by atoms with van der Waals surface area (Å²) in [4.78, 5) is 6.25. The summed E-state index contributed by atoms with van der Waals surface area (Å²) in [7, 11) is 0. The van der Waals surface area contributed by atoms with Crippen molar-refractivity contribution in [2.24, 2.45) is 5.92 Å². The minimum atomic E-state index is -0.0495. The Kier molecular flexibility index (Phi) is 3.18. The fourth-order valence-electron chi connectivity index (χ4n) is 4.43. The van der Waals surface area contributed by atoms with Gasteiger partial charge in [0.2, 0.25) is 0 Å². The molecule has 2 N–H and O–H groups in total. The van der Waals surface area contributed by atoms with Crippen molar-refractivity contribution >= 4 is 26.8 Å². The van der Waals surface area contributed by atoms with Crippen molar-refractivity contribution in [2.45, 2.75) is 31.7 Å². The normalized spacial score (nSPS) is 29.4. The first-order valence-corrected chi connectivity index (χ1v) is 8.60. The van der Waals surface area contributed by atoms with Crippen LogP contribution in [-0.2, 0) is 12.0 Å². The summed E-state index contributed by atoms with van der Waals surface area (Å²) < 4.78 is 1.13. The van der Waals surface area contributed by atoms with Crippen LogP contribution < -0.4 is 0 Å². The van der Waals surface area contributed by atoms with Gasteiger partial charge >= 0.3 is 0 Å². The van der Waals surface area contributed by atoms with Gasteiger partial charge in [0.15, 0.2) is 0 Å². The van der Waals surface area contributed by atoms with Crippen molar-refractivity contribution in [1.82, 2.24) is 9.88 Å². The number of nitrogens with one attached hydrogen (secondary N) is 1. The summed E-state index contributed by atoms with van der Waals surface area (Å²) in [6.45, 7) is 4.83. The molecule has 21 heavy (non-hydrogen) atoms. The first-order chi connectivity index (χ1) is 10.1. The van der Waals surface area contributed by atoms with Crippen LogP contribution in [0.4, 0.5) is 0 Å². The van der Waals surface area contributed by atoms with E-state index in [1.807, 2.05) is 0 Å². The molecule has 1 aromatic heterocycles. The number of aromatic amines is 1. The highest BCUT2D eigenvalue weighted by Gasteiger charge is 2.47. The van der Waals surface area contributed by atoms with E-state index in [1.165, 1.54) is 28.6 Å². The molecule has 4 heteroatoms. The second-order valence-corrected chi connectivity index (χ2v) is 7.49. The van der Waals surface area contributed by atoms with Gasteiger partial charge in [0.25, 0.3) is 0 Å². The minimum absolute atomic E-state index is 0.0495. The Morgan fingerprint density at radius 3 is 3.10 bits per heavy atom. The highest BCUT2D eigenvalue weighted by Crippen LogP contribution is 2.47. The SMILES string of the molecule is CC12c3[nH]c4ccc(Br)cc4c3CCN1CCCC2CO. The zero-order chi connectivity index (χ0) is 14.6. The molecule has 3 nitrogen and oxygen atoms in total. The summed E-state index contributed by atoms with van der Waals surface area (Å²) >= 11 is 3.59. The lowest BCUT2D eigenvalue weighted by Crippen LogP contribution is -2.57. The van der Waals surface area contributed by atoms with E-state index in [2.05, 4.69) is 50.9 Å². The summed E-state index contributed by atoms with van der Waals surface area (Å²) in [6, 6.07) is 6.47. The van der Waals surface area contributed by atoms with Crippen LogP contribution in [0.25, 0.3) is 10.9 Å². The molecule has 0 saturated carbocycles. The number of H-pyrrole nitrogens is 1. The van der Waals surface area contributed by atoms with Crippen LogP contribution in [0.1, 0.15) is 31.0 Å². The van der Waals surface area contributed by atoms with E-state index in [1.54, 1.807) is 0 Å². The molecule has 0 spiro atoms. The molecule has 2 unspecified atom stereocenters. The first-order valence-electron chi connectivity index (χ1n) is 7.81. The molecule has 1 fully saturated rings. The minimum Gasteiger partial charge on any atom is -0.396 e. The van der Waals surface area contributed by atoms with Crippen molar-refractivity contribution in [3.8, 4) is 0 Å². The molecule has 2 aliphatic heterocycles. The lowest BCUT2D eigenvalue weighted by molar-refractivity contribution is -0.0303. The molecule has 0 bridgehead atoms. The van der Waals surface area contributed by atoms with Crippen LogP contribution in [0.15, 0.2) is 22.7 Å². The van der Waals surface area contributed by atoms with Gasteiger partial charge in [-0.1, -0.05) is 15.9 Å². The summed E-state index contributed by atoms with van der Waals surface area (Å²) in [6.07, 6.45) is 3.41. The quantitative estimate of drug-likeness (QED) is 0.828. The largest absolute Gasteiger partial charge is 0.396 e. The maximum atomic E-state index is 9.89. The van der Waals surface area contributed by atoms with Gasteiger partial charge in [-0.25, -0.2) is 0 Å². The van der Waals surface area contributed by atoms with Crippen molar-refractivity contribution in [1.29, 1.82) is 0 Å². The number of aromatic nitrogens is 1. The Morgan fingerprint density at radius 1 is 1.43 bits per heavy atom. The number of benzene rings is 1. The Hall–Kier alpha value is -0.840. The van der Waals surface area contributed by atoms with Gasteiger partial charge in [-0.05, 0) is 56.5 Å². The van der Waals surface area contributed by atoms with Crippen LogP contribution in [-0.4, -0.2) is 34.7 Å². The maximum Gasteiger partial charge on any atom is 0.0636 e. The van der Waals surface area contributed by atoms with Crippen LogP contribution in [0.2, 0.25) is 0 Å². The molecule has 1 aromatic carbocycles.